The molecule has 7 nitrogen and oxygen atoms in total. The van der Waals surface area contributed by atoms with Gasteiger partial charge in [-0.3, -0.25) is 4.79 Å². The van der Waals surface area contributed by atoms with Crippen molar-refractivity contribution in [3.05, 3.63) is 46.7 Å². The third-order valence-electron chi connectivity index (χ3n) is 3.37. The van der Waals surface area contributed by atoms with Gasteiger partial charge in [-0.25, -0.2) is 4.79 Å². The zero-order valence-electron chi connectivity index (χ0n) is 14.2. The van der Waals surface area contributed by atoms with E-state index in [4.69, 9.17) is 16.1 Å². The Morgan fingerprint density at radius 3 is 2.48 bits per heavy atom. The minimum absolute atomic E-state index is 0.0905. The fourth-order valence-electron chi connectivity index (χ4n) is 2.13. The van der Waals surface area contributed by atoms with Gasteiger partial charge in [0.05, 0.1) is 17.2 Å². The number of aromatic nitrogens is 1. The SMILES string of the molecule is CCOC(=O)[C@](NC(=O)c1ccccc1Cl)(Nc1cc(C)on1)C(F)(F)F. The molecule has 1 amide bonds. The molecular formula is C16H15ClF3N3O4. The Morgan fingerprint density at radius 2 is 1.96 bits per heavy atom. The minimum atomic E-state index is -5.29. The van der Waals surface area contributed by atoms with Gasteiger partial charge in [0.25, 0.3) is 5.91 Å². The summed E-state index contributed by atoms with van der Waals surface area (Å²) in [5, 5.41) is 6.83. The van der Waals surface area contributed by atoms with Gasteiger partial charge < -0.3 is 19.9 Å². The fourth-order valence-corrected chi connectivity index (χ4v) is 2.35. The molecule has 0 aliphatic rings. The second-order valence-corrected chi connectivity index (χ2v) is 5.76. The third-order valence-corrected chi connectivity index (χ3v) is 3.70. The lowest BCUT2D eigenvalue weighted by Crippen LogP contribution is -2.69. The number of anilines is 1. The van der Waals surface area contributed by atoms with Crippen molar-refractivity contribution in [3.8, 4) is 0 Å². The normalized spacial score (nSPS) is 13.6. The van der Waals surface area contributed by atoms with Crippen LogP contribution in [0.3, 0.4) is 0 Å². The van der Waals surface area contributed by atoms with Gasteiger partial charge in [-0.2, -0.15) is 13.2 Å². The monoisotopic (exact) mass is 405 g/mol. The predicted molar refractivity (Wildman–Crippen MR) is 89.2 cm³/mol. The second-order valence-electron chi connectivity index (χ2n) is 5.35. The molecule has 0 saturated carbocycles. The Bertz CT molecular complexity index is 840. The van der Waals surface area contributed by atoms with Crippen molar-refractivity contribution in [2.45, 2.75) is 25.7 Å². The van der Waals surface area contributed by atoms with Crippen molar-refractivity contribution in [1.82, 2.24) is 10.5 Å². The van der Waals surface area contributed by atoms with E-state index in [0.717, 1.165) is 6.07 Å². The zero-order chi connectivity index (χ0) is 20.2. The average Bonchev–Trinajstić information content (AvgIpc) is 2.98. The number of alkyl halides is 3. The van der Waals surface area contributed by atoms with Gasteiger partial charge in [0.15, 0.2) is 5.82 Å². The molecule has 11 heteroatoms. The Kier molecular flexibility index (Phi) is 5.99. The molecule has 0 aliphatic carbocycles. The molecule has 1 heterocycles. The lowest BCUT2D eigenvalue weighted by molar-refractivity contribution is -0.204. The van der Waals surface area contributed by atoms with Crippen LogP contribution >= 0.6 is 11.6 Å². The Balaban J connectivity index is 2.50. The zero-order valence-corrected chi connectivity index (χ0v) is 14.9. The number of hydrogen-bond donors (Lipinski definition) is 2. The highest BCUT2D eigenvalue weighted by molar-refractivity contribution is 6.33. The van der Waals surface area contributed by atoms with E-state index in [1.807, 2.05) is 5.32 Å². The van der Waals surface area contributed by atoms with Gasteiger partial charge in [-0.05, 0) is 26.0 Å². The molecule has 2 N–H and O–H groups in total. The number of esters is 1. The summed E-state index contributed by atoms with van der Waals surface area (Å²) < 4.78 is 51.1. The number of aryl methyl sites for hydroxylation is 1. The first-order chi connectivity index (χ1) is 12.6. The van der Waals surface area contributed by atoms with Crippen LogP contribution < -0.4 is 10.6 Å². The summed E-state index contributed by atoms with van der Waals surface area (Å²) in [4.78, 5) is 24.7. The largest absolute Gasteiger partial charge is 0.463 e. The highest BCUT2D eigenvalue weighted by Crippen LogP contribution is 2.33. The Labute approximate surface area is 156 Å². The third kappa shape index (κ3) is 4.33. The highest BCUT2D eigenvalue weighted by Gasteiger charge is 2.64. The van der Waals surface area contributed by atoms with Crippen molar-refractivity contribution >= 4 is 29.3 Å². The molecule has 0 bridgehead atoms. The van der Waals surface area contributed by atoms with Crippen LogP contribution in [0, 0.1) is 6.92 Å². The predicted octanol–water partition coefficient (Wildman–Crippen LogP) is 3.30. The first-order valence-corrected chi connectivity index (χ1v) is 8.01. The van der Waals surface area contributed by atoms with Gasteiger partial charge in [-0.15, -0.1) is 0 Å². The molecule has 0 fully saturated rings. The molecule has 2 rings (SSSR count). The van der Waals surface area contributed by atoms with Crippen molar-refractivity contribution in [2.24, 2.45) is 0 Å². The summed E-state index contributed by atoms with van der Waals surface area (Å²) in [6.07, 6.45) is -5.29. The van der Waals surface area contributed by atoms with Crippen LogP contribution in [0.25, 0.3) is 0 Å². The number of ether oxygens (including phenoxy) is 1. The maximum Gasteiger partial charge on any atom is 0.441 e. The summed E-state index contributed by atoms with van der Waals surface area (Å²) >= 11 is 5.86. The van der Waals surface area contributed by atoms with E-state index in [-0.39, 0.29) is 23.0 Å². The van der Waals surface area contributed by atoms with Crippen LogP contribution in [0.5, 0.6) is 0 Å². The lowest BCUT2D eigenvalue weighted by Gasteiger charge is -2.34. The van der Waals surface area contributed by atoms with E-state index < -0.39 is 29.5 Å². The van der Waals surface area contributed by atoms with Crippen LogP contribution in [0.4, 0.5) is 19.0 Å². The number of nitrogens with zero attached hydrogens (tertiary/aromatic N) is 1. The first-order valence-electron chi connectivity index (χ1n) is 7.63. The second kappa shape index (κ2) is 7.87. The number of rotatable bonds is 6. The summed E-state index contributed by atoms with van der Waals surface area (Å²) in [5.41, 5.74) is -3.86. The van der Waals surface area contributed by atoms with Crippen LogP contribution in [-0.4, -0.2) is 35.5 Å². The highest BCUT2D eigenvalue weighted by atomic mass is 35.5. The van der Waals surface area contributed by atoms with Crippen LogP contribution in [0.2, 0.25) is 5.02 Å². The van der Waals surface area contributed by atoms with E-state index in [9.17, 15) is 22.8 Å². The molecule has 0 aliphatic heterocycles. The minimum Gasteiger partial charge on any atom is -0.463 e. The van der Waals surface area contributed by atoms with Crippen molar-refractivity contribution in [2.75, 3.05) is 11.9 Å². The van der Waals surface area contributed by atoms with Gasteiger partial charge in [-0.1, -0.05) is 28.9 Å². The number of halogens is 4. The van der Waals surface area contributed by atoms with E-state index >= 15 is 0 Å². The molecule has 0 unspecified atom stereocenters. The van der Waals surface area contributed by atoms with Crippen molar-refractivity contribution in [1.29, 1.82) is 0 Å². The topological polar surface area (TPSA) is 93.5 Å². The number of hydrogen-bond acceptors (Lipinski definition) is 6. The molecule has 0 radical (unpaired) electrons. The van der Waals surface area contributed by atoms with E-state index in [1.165, 1.54) is 38.1 Å². The number of carbonyl (C=O) groups is 2. The molecule has 1 aromatic carbocycles. The Hall–Kier alpha value is -2.75. The average molecular weight is 406 g/mol. The van der Waals surface area contributed by atoms with Gasteiger partial charge in [0.2, 0.25) is 0 Å². The Morgan fingerprint density at radius 1 is 1.30 bits per heavy atom. The molecule has 146 valence electrons. The smallest absolute Gasteiger partial charge is 0.441 e. The molecule has 1 aromatic heterocycles. The van der Waals surface area contributed by atoms with Crippen LogP contribution in [0.1, 0.15) is 23.0 Å². The molecule has 2 aromatic rings. The number of amides is 1. The van der Waals surface area contributed by atoms with Crippen LogP contribution in [-0.2, 0) is 9.53 Å². The summed E-state index contributed by atoms with van der Waals surface area (Å²) in [7, 11) is 0. The summed E-state index contributed by atoms with van der Waals surface area (Å²) in [6, 6.07) is 6.57. The van der Waals surface area contributed by atoms with Gasteiger partial charge in [0, 0.05) is 6.07 Å². The van der Waals surface area contributed by atoms with E-state index in [1.54, 1.807) is 5.32 Å². The summed E-state index contributed by atoms with van der Waals surface area (Å²) in [6.45, 7) is 2.42. The number of carbonyl (C=O) groups excluding carboxylic acids is 2. The van der Waals surface area contributed by atoms with Crippen LogP contribution in [0.15, 0.2) is 34.9 Å². The molecule has 1 atom stereocenters. The maximum atomic E-state index is 13.9. The quantitative estimate of drug-likeness (QED) is 0.566. The molecule has 0 spiro atoms. The van der Waals surface area contributed by atoms with E-state index in [2.05, 4.69) is 9.89 Å². The fraction of sp³-hybridized carbons (Fsp3) is 0.312. The van der Waals surface area contributed by atoms with Gasteiger partial charge >= 0.3 is 17.8 Å². The molecule has 0 saturated heterocycles. The number of nitrogens with one attached hydrogen (secondary N) is 2. The van der Waals surface area contributed by atoms with E-state index in [0.29, 0.717) is 0 Å². The molecule has 27 heavy (non-hydrogen) atoms. The summed E-state index contributed by atoms with van der Waals surface area (Å²) in [5.74, 6) is -3.23. The standard InChI is InChI=1S/C16H15ClF3N3O4/c1-3-26-14(25)15(16(18,19)20,21-12-8-9(2)27-23-12)22-13(24)10-6-4-5-7-11(10)17/h4-8H,3H2,1-2H3,(H,21,23)(H,22,24)/t15-/m1/s1. The maximum absolute atomic E-state index is 13.9. The number of benzene rings is 1. The van der Waals surface area contributed by atoms with Crippen molar-refractivity contribution in [3.63, 3.8) is 0 Å². The first kappa shape index (κ1) is 20.6. The van der Waals surface area contributed by atoms with Crippen molar-refractivity contribution < 1.29 is 32.0 Å². The lowest BCUT2D eigenvalue weighted by atomic mass is 10.1. The van der Waals surface area contributed by atoms with Gasteiger partial charge in [0.1, 0.15) is 5.76 Å². The molecular weight excluding hydrogens is 391 g/mol.